The molecule has 90 valence electrons. The molecule has 1 aromatic rings. The average molecular weight is 232 g/mol. The third kappa shape index (κ3) is 3.89. The maximum atomic E-state index is 11.5. The Bertz CT molecular complexity index is 436. The summed E-state index contributed by atoms with van der Waals surface area (Å²) < 4.78 is 5.13. The van der Waals surface area contributed by atoms with Crippen LogP contribution in [0.25, 0.3) is 0 Å². The molecule has 0 fully saturated rings. The lowest BCUT2D eigenvalue weighted by Crippen LogP contribution is -2.19. The molecule has 0 atom stereocenters. The SMILES string of the molecule is CCCOCC(=O)Nc1cccc(C)c1C#N. The van der Waals surface area contributed by atoms with Crippen molar-refractivity contribution in [2.24, 2.45) is 0 Å². The van der Waals surface area contributed by atoms with Gasteiger partial charge in [-0.05, 0) is 25.0 Å². The van der Waals surface area contributed by atoms with E-state index in [1.54, 1.807) is 12.1 Å². The highest BCUT2D eigenvalue weighted by molar-refractivity contribution is 5.93. The maximum Gasteiger partial charge on any atom is 0.250 e. The molecule has 1 N–H and O–H groups in total. The number of nitrogens with one attached hydrogen (secondary N) is 1. The normalized spacial score (nSPS) is 9.71. The molecular formula is C13H16N2O2. The van der Waals surface area contributed by atoms with Gasteiger partial charge in [-0.15, -0.1) is 0 Å². The van der Waals surface area contributed by atoms with Crippen LogP contribution >= 0.6 is 0 Å². The molecule has 0 heterocycles. The lowest BCUT2D eigenvalue weighted by molar-refractivity contribution is -0.120. The molecule has 0 aliphatic rings. The molecule has 0 radical (unpaired) electrons. The Morgan fingerprint density at radius 3 is 2.94 bits per heavy atom. The van der Waals surface area contributed by atoms with Crippen molar-refractivity contribution in [1.82, 2.24) is 0 Å². The number of amides is 1. The topological polar surface area (TPSA) is 62.1 Å². The van der Waals surface area contributed by atoms with Gasteiger partial charge in [0.25, 0.3) is 0 Å². The van der Waals surface area contributed by atoms with E-state index in [1.807, 2.05) is 19.9 Å². The smallest absolute Gasteiger partial charge is 0.250 e. The summed E-state index contributed by atoms with van der Waals surface area (Å²) in [5.41, 5.74) is 1.88. The summed E-state index contributed by atoms with van der Waals surface area (Å²) in [6, 6.07) is 7.43. The van der Waals surface area contributed by atoms with Gasteiger partial charge in [-0.2, -0.15) is 5.26 Å². The summed E-state index contributed by atoms with van der Waals surface area (Å²) in [5, 5.41) is 11.7. The highest BCUT2D eigenvalue weighted by atomic mass is 16.5. The zero-order chi connectivity index (χ0) is 12.7. The van der Waals surface area contributed by atoms with Crippen LogP contribution in [0.4, 0.5) is 5.69 Å². The third-order valence-electron chi connectivity index (χ3n) is 2.24. The van der Waals surface area contributed by atoms with Crippen LogP contribution < -0.4 is 5.32 Å². The summed E-state index contributed by atoms with van der Waals surface area (Å²) in [7, 11) is 0. The van der Waals surface area contributed by atoms with Gasteiger partial charge in [0.2, 0.25) is 5.91 Å². The van der Waals surface area contributed by atoms with Gasteiger partial charge in [-0.25, -0.2) is 0 Å². The zero-order valence-corrected chi connectivity index (χ0v) is 10.1. The first-order valence-electron chi connectivity index (χ1n) is 5.56. The van der Waals surface area contributed by atoms with E-state index in [1.165, 1.54) is 0 Å². The Morgan fingerprint density at radius 2 is 2.29 bits per heavy atom. The van der Waals surface area contributed by atoms with Crippen molar-refractivity contribution in [3.63, 3.8) is 0 Å². The van der Waals surface area contributed by atoms with E-state index in [4.69, 9.17) is 10.00 Å². The number of aryl methyl sites for hydroxylation is 1. The van der Waals surface area contributed by atoms with Crippen molar-refractivity contribution in [1.29, 1.82) is 5.26 Å². The van der Waals surface area contributed by atoms with E-state index in [9.17, 15) is 4.79 Å². The number of hydrogen-bond acceptors (Lipinski definition) is 3. The molecule has 0 spiro atoms. The Balaban J connectivity index is 2.66. The van der Waals surface area contributed by atoms with Gasteiger partial charge in [-0.1, -0.05) is 19.1 Å². The van der Waals surface area contributed by atoms with Crippen molar-refractivity contribution in [3.05, 3.63) is 29.3 Å². The van der Waals surface area contributed by atoms with E-state index in [0.717, 1.165) is 12.0 Å². The number of rotatable bonds is 5. The summed E-state index contributed by atoms with van der Waals surface area (Å²) in [6.07, 6.45) is 0.876. The Kier molecular flexibility index (Phi) is 5.18. The van der Waals surface area contributed by atoms with Crippen molar-refractivity contribution in [2.75, 3.05) is 18.5 Å². The molecule has 0 unspecified atom stereocenters. The first-order chi connectivity index (χ1) is 8.19. The first-order valence-corrected chi connectivity index (χ1v) is 5.56. The molecular weight excluding hydrogens is 216 g/mol. The van der Waals surface area contributed by atoms with Crippen LogP contribution in [0.1, 0.15) is 24.5 Å². The van der Waals surface area contributed by atoms with Crippen LogP contribution in [0.2, 0.25) is 0 Å². The van der Waals surface area contributed by atoms with E-state index in [-0.39, 0.29) is 12.5 Å². The number of nitrogens with zero attached hydrogens (tertiary/aromatic N) is 1. The largest absolute Gasteiger partial charge is 0.372 e. The van der Waals surface area contributed by atoms with Crippen molar-refractivity contribution in [3.8, 4) is 6.07 Å². The lowest BCUT2D eigenvalue weighted by atomic mass is 10.1. The summed E-state index contributed by atoms with van der Waals surface area (Å²) in [6.45, 7) is 4.40. The molecule has 1 rings (SSSR count). The van der Waals surface area contributed by atoms with E-state index >= 15 is 0 Å². The van der Waals surface area contributed by atoms with Crippen LogP contribution in [-0.4, -0.2) is 19.1 Å². The average Bonchev–Trinajstić information content (AvgIpc) is 2.29. The van der Waals surface area contributed by atoms with Crippen molar-refractivity contribution < 1.29 is 9.53 Å². The molecule has 0 aromatic heterocycles. The third-order valence-corrected chi connectivity index (χ3v) is 2.24. The van der Waals surface area contributed by atoms with Crippen LogP contribution in [0, 0.1) is 18.3 Å². The summed E-state index contributed by atoms with van der Waals surface area (Å²) in [4.78, 5) is 11.5. The summed E-state index contributed by atoms with van der Waals surface area (Å²) >= 11 is 0. The van der Waals surface area contributed by atoms with E-state index in [2.05, 4.69) is 11.4 Å². The van der Waals surface area contributed by atoms with Gasteiger partial charge in [0.15, 0.2) is 0 Å². The van der Waals surface area contributed by atoms with Crippen LogP contribution in [0.15, 0.2) is 18.2 Å². The maximum absolute atomic E-state index is 11.5. The predicted octanol–water partition coefficient (Wildman–Crippen LogP) is 2.23. The van der Waals surface area contributed by atoms with Gasteiger partial charge >= 0.3 is 0 Å². The molecule has 0 aliphatic heterocycles. The van der Waals surface area contributed by atoms with Crippen molar-refractivity contribution in [2.45, 2.75) is 20.3 Å². The number of carbonyl (C=O) groups is 1. The van der Waals surface area contributed by atoms with E-state index < -0.39 is 0 Å². The molecule has 4 nitrogen and oxygen atoms in total. The molecule has 17 heavy (non-hydrogen) atoms. The van der Waals surface area contributed by atoms with Gasteiger partial charge in [0.1, 0.15) is 12.7 Å². The Morgan fingerprint density at radius 1 is 1.53 bits per heavy atom. The number of benzene rings is 1. The fraction of sp³-hybridized carbons (Fsp3) is 0.385. The Hall–Kier alpha value is -1.86. The second-order valence-corrected chi connectivity index (χ2v) is 3.71. The number of ether oxygens (including phenoxy) is 1. The first kappa shape index (κ1) is 13.2. The van der Waals surface area contributed by atoms with Gasteiger partial charge in [0.05, 0.1) is 11.3 Å². The van der Waals surface area contributed by atoms with Crippen molar-refractivity contribution >= 4 is 11.6 Å². The van der Waals surface area contributed by atoms with Crippen LogP contribution in [0.3, 0.4) is 0 Å². The van der Waals surface area contributed by atoms with Gasteiger partial charge in [0, 0.05) is 6.61 Å². The van der Waals surface area contributed by atoms with Gasteiger partial charge in [-0.3, -0.25) is 4.79 Å². The molecule has 0 aliphatic carbocycles. The van der Waals surface area contributed by atoms with E-state index in [0.29, 0.717) is 17.9 Å². The molecule has 4 heteroatoms. The predicted molar refractivity (Wildman–Crippen MR) is 65.6 cm³/mol. The lowest BCUT2D eigenvalue weighted by Gasteiger charge is -2.08. The monoisotopic (exact) mass is 232 g/mol. The minimum Gasteiger partial charge on any atom is -0.372 e. The fourth-order valence-corrected chi connectivity index (χ4v) is 1.42. The highest BCUT2D eigenvalue weighted by Gasteiger charge is 2.08. The summed E-state index contributed by atoms with van der Waals surface area (Å²) in [5.74, 6) is -0.236. The number of hydrogen-bond donors (Lipinski definition) is 1. The molecule has 0 saturated heterocycles. The molecule has 1 aromatic carbocycles. The zero-order valence-electron chi connectivity index (χ0n) is 10.1. The number of nitriles is 1. The number of anilines is 1. The molecule has 1 amide bonds. The fourth-order valence-electron chi connectivity index (χ4n) is 1.42. The standard InChI is InChI=1S/C13H16N2O2/c1-3-7-17-9-13(16)15-12-6-4-5-10(2)11(12)8-14/h4-6H,3,7,9H2,1-2H3,(H,15,16). The molecule has 0 bridgehead atoms. The second-order valence-electron chi connectivity index (χ2n) is 3.71. The Labute approximate surface area is 101 Å². The van der Waals surface area contributed by atoms with Crippen LogP contribution in [-0.2, 0) is 9.53 Å². The quantitative estimate of drug-likeness (QED) is 0.792. The number of carbonyl (C=O) groups excluding carboxylic acids is 1. The highest BCUT2D eigenvalue weighted by Crippen LogP contribution is 2.17. The van der Waals surface area contributed by atoms with Crippen LogP contribution in [0.5, 0.6) is 0 Å². The minimum absolute atomic E-state index is 0.0205. The van der Waals surface area contributed by atoms with Gasteiger partial charge < -0.3 is 10.1 Å². The molecule has 0 saturated carbocycles. The minimum atomic E-state index is -0.236. The second kappa shape index (κ2) is 6.66.